The first-order valence-corrected chi connectivity index (χ1v) is 3.72. The van der Waals surface area contributed by atoms with Gasteiger partial charge in [-0.3, -0.25) is 0 Å². The van der Waals surface area contributed by atoms with E-state index >= 15 is 0 Å². The zero-order valence-corrected chi connectivity index (χ0v) is 6.55. The van der Waals surface area contributed by atoms with E-state index < -0.39 is 0 Å². The lowest BCUT2D eigenvalue weighted by Crippen LogP contribution is -2.37. The predicted octanol–water partition coefficient (Wildman–Crippen LogP) is 0.327. The Kier molecular flexibility index (Phi) is 2.37. The number of hydrogen-bond donors (Lipinski definition) is 2. The summed E-state index contributed by atoms with van der Waals surface area (Å²) in [5.41, 5.74) is 0. The molecule has 3 heteroatoms. The molecule has 0 aromatic heterocycles. The molecule has 1 fully saturated rings. The Labute approximate surface area is 66.5 Å². The molecule has 0 aliphatic heterocycles. The highest BCUT2D eigenvalue weighted by molar-refractivity contribution is 5.74. The van der Waals surface area contributed by atoms with E-state index in [1.165, 1.54) is 0 Å². The molecular formula is C8H12N2O. The zero-order chi connectivity index (χ0) is 8.27. The Morgan fingerprint density at radius 2 is 2.45 bits per heavy atom. The van der Waals surface area contributed by atoms with Crippen LogP contribution in [-0.4, -0.2) is 18.6 Å². The Balaban J connectivity index is 2.08. The average Bonchev–Trinajstić information content (AvgIpc) is 2.62. The highest BCUT2D eigenvalue weighted by atomic mass is 16.2. The van der Waals surface area contributed by atoms with Gasteiger partial charge in [-0.2, -0.15) is 0 Å². The van der Waals surface area contributed by atoms with Gasteiger partial charge in [0.1, 0.15) is 0 Å². The van der Waals surface area contributed by atoms with Crippen molar-refractivity contribution in [3.63, 3.8) is 0 Å². The smallest absolute Gasteiger partial charge is 0.315 e. The molecule has 0 heterocycles. The Morgan fingerprint density at radius 1 is 1.82 bits per heavy atom. The Morgan fingerprint density at radius 3 is 2.91 bits per heavy atom. The van der Waals surface area contributed by atoms with Gasteiger partial charge >= 0.3 is 6.03 Å². The molecule has 2 atom stereocenters. The molecule has 0 aromatic carbocycles. The van der Waals surface area contributed by atoms with Crippen molar-refractivity contribution in [3.8, 4) is 12.3 Å². The van der Waals surface area contributed by atoms with Gasteiger partial charge in [0.15, 0.2) is 0 Å². The summed E-state index contributed by atoms with van der Waals surface area (Å²) in [6.07, 6.45) is 6.04. The van der Waals surface area contributed by atoms with Crippen LogP contribution >= 0.6 is 0 Å². The van der Waals surface area contributed by atoms with Crippen LogP contribution in [0.4, 0.5) is 4.79 Å². The second kappa shape index (κ2) is 3.29. The molecule has 2 N–H and O–H groups in total. The Bertz CT molecular complexity index is 195. The van der Waals surface area contributed by atoms with Gasteiger partial charge in [-0.15, -0.1) is 6.42 Å². The number of rotatable bonds is 2. The number of urea groups is 1. The third-order valence-corrected chi connectivity index (χ3v) is 1.78. The number of terminal acetylenes is 1. The second-order valence-electron chi connectivity index (χ2n) is 2.85. The molecule has 0 spiro atoms. The largest absolute Gasteiger partial charge is 0.335 e. The summed E-state index contributed by atoms with van der Waals surface area (Å²) in [7, 11) is 0. The molecule has 3 nitrogen and oxygen atoms in total. The summed E-state index contributed by atoms with van der Waals surface area (Å²) in [5.74, 6) is 2.96. The molecular weight excluding hydrogens is 140 g/mol. The van der Waals surface area contributed by atoms with Gasteiger partial charge < -0.3 is 10.6 Å². The molecule has 1 rings (SSSR count). The maximum atomic E-state index is 10.9. The van der Waals surface area contributed by atoms with Crippen molar-refractivity contribution < 1.29 is 4.79 Å². The Hall–Kier alpha value is -1.17. The van der Waals surface area contributed by atoms with Crippen molar-refractivity contribution in [3.05, 3.63) is 0 Å². The molecule has 2 amide bonds. The summed E-state index contributed by atoms with van der Waals surface area (Å²) in [6, 6.07) is 0.213. The standard InChI is InChI=1S/C8H12N2O/c1-3-4-9-8(11)10-7-5-6(7)2/h1,6-7H,4-5H2,2H3,(H2,9,10,11)/t6-,7-/m1/s1. The summed E-state index contributed by atoms with van der Waals surface area (Å²) in [5, 5.41) is 5.33. The topological polar surface area (TPSA) is 41.1 Å². The van der Waals surface area contributed by atoms with Crippen molar-refractivity contribution in [2.75, 3.05) is 6.54 Å². The van der Waals surface area contributed by atoms with E-state index in [4.69, 9.17) is 6.42 Å². The molecule has 1 aliphatic rings. The maximum Gasteiger partial charge on any atom is 0.315 e. The predicted molar refractivity (Wildman–Crippen MR) is 42.9 cm³/mol. The lowest BCUT2D eigenvalue weighted by molar-refractivity contribution is 0.241. The summed E-state index contributed by atoms with van der Waals surface area (Å²) in [4.78, 5) is 10.9. The lowest BCUT2D eigenvalue weighted by Gasteiger charge is -2.02. The van der Waals surface area contributed by atoms with Crippen LogP contribution in [0.1, 0.15) is 13.3 Å². The van der Waals surface area contributed by atoms with E-state index in [0.29, 0.717) is 18.5 Å². The fourth-order valence-corrected chi connectivity index (χ4v) is 0.874. The van der Waals surface area contributed by atoms with Crippen molar-refractivity contribution in [1.29, 1.82) is 0 Å². The molecule has 60 valence electrons. The van der Waals surface area contributed by atoms with Gasteiger partial charge in [0, 0.05) is 6.04 Å². The first-order valence-electron chi connectivity index (χ1n) is 3.72. The third kappa shape index (κ3) is 2.50. The normalized spacial score (nSPS) is 26.9. The number of carbonyl (C=O) groups excluding carboxylic acids is 1. The third-order valence-electron chi connectivity index (χ3n) is 1.78. The van der Waals surface area contributed by atoms with E-state index in [9.17, 15) is 4.79 Å². The molecule has 0 saturated heterocycles. The van der Waals surface area contributed by atoms with Crippen LogP contribution in [-0.2, 0) is 0 Å². The van der Waals surface area contributed by atoms with Crippen molar-refractivity contribution in [1.82, 2.24) is 10.6 Å². The van der Waals surface area contributed by atoms with Crippen LogP contribution in [0, 0.1) is 18.3 Å². The highest BCUT2D eigenvalue weighted by Gasteiger charge is 2.33. The van der Waals surface area contributed by atoms with Crippen LogP contribution in [0.15, 0.2) is 0 Å². The molecule has 0 unspecified atom stereocenters. The number of carbonyl (C=O) groups is 1. The second-order valence-corrected chi connectivity index (χ2v) is 2.85. The molecule has 0 radical (unpaired) electrons. The van der Waals surface area contributed by atoms with Crippen LogP contribution in [0.5, 0.6) is 0 Å². The molecule has 0 bridgehead atoms. The van der Waals surface area contributed by atoms with Crippen molar-refractivity contribution in [2.45, 2.75) is 19.4 Å². The van der Waals surface area contributed by atoms with E-state index in [1.807, 2.05) is 0 Å². The highest BCUT2D eigenvalue weighted by Crippen LogP contribution is 2.28. The fraction of sp³-hybridized carbons (Fsp3) is 0.625. The van der Waals surface area contributed by atoms with Gasteiger partial charge in [-0.25, -0.2) is 4.79 Å². The summed E-state index contributed by atoms with van der Waals surface area (Å²) in [6.45, 7) is 2.40. The van der Waals surface area contributed by atoms with Gasteiger partial charge in [-0.05, 0) is 12.3 Å². The van der Waals surface area contributed by atoms with Gasteiger partial charge in [-0.1, -0.05) is 12.8 Å². The van der Waals surface area contributed by atoms with Gasteiger partial charge in [0.05, 0.1) is 6.54 Å². The van der Waals surface area contributed by atoms with E-state index in [-0.39, 0.29) is 6.03 Å². The van der Waals surface area contributed by atoms with Gasteiger partial charge in [0.25, 0.3) is 0 Å². The van der Waals surface area contributed by atoms with Crippen molar-refractivity contribution >= 4 is 6.03 Å². The van der Waals surface area contributed by atoms with Crippen LogP contribution in [0.25, 0.3) is 0 Å². The summed E-state index contributed by atoms with van der Waals surface area (Å²) >= 11 is 0. The maximum absolute atomic E-state index is 10.9. The minimum absolute atomic E-state index is 0.155. The fourth-order valence-electron chi connectivity index (χ4n) is 0.874. The van der Waals surface area contributed by atoms with Crippen LogP contribution in [0.2, 0.25) is 0 Å². The van der Waals surface area contributed by atoms with E-state index in [0.717, 1.165) is 6.42 Å². The van der Waals surface area contributed by atoms with Crippen molar-refractivity contribution in [2.24, 2.45) is 5.92 Å². The minimum atomic E-state index is -0.155. The molecule has 1 aliphatic carbocycles. The van der Waals surface area contributed by atoms with Crippen LogP contribution < -0.4 is 10.6 Å². The quantitative estimate of drug-likeness (QED) is 0.550. The molecule has 11 heavy (non-hydrogen) atoms. The first-order chi connectivity index (χ1) is 5.24. The number of nitrogens with one attached hydrogen (secondary N) is 2. The van der Waals surface area contributed by atoms with Gasteiger partial charge in [0.2, 0.25) is 0 Å². The average molecular weight is 152 g/mol. The minimum Gasteiger partial charge on any atom is -0.335 e. The van der Waals surface area contributed by atoms with Crippen LogP contribution in [0.3, 0.4) is 0 Å². The lowest BCUT2D eigenvalue weighted by atomic mass is 10.5. The molecule has 1 saturated carbocycles. The number of hydrogen-bond acceptors (Lipinski definition) is 1. The SMILES string of the molecule is C#CCNC(=O)N[C@@H]1C[C@H]1C. The monoisotopic (exact) mass is 152 g/mol. The van der Waals surface area contributed by atoms with E-state index in [1.54, 1.807) is 0 Å². The first kappa shape index (κ1) is 7.93. The zero-order valence-electron chi connectivity index (χ0n) is 6.55. The summed E-state index contributed by atoms with van der Waals surface area (Å²) < 4.78 is 0. The van der Waals surface area contributed by atoms with E-state index in [2.05, 4.69) is 23.5 Å². The molecule has 0 aromatic rings. The number of amides is 2.